The molecule has 4 rings (SSSR count). The van der Waals surface area contributed by atoms with Gasteiger partial charge in [0.15, 0.2) is 5.82 Å². The van der Waals surface area contributed by atoms with Crippen LogP contribution in [-0.4, -0.2) is 32.4 Å². The lowest BCUT2D eigenvalue weighted by atomic mass is 10.1. The molecule has 4 aromatic rings. The first kappa shape index (κ1) is 19.1. The van der Waals surface area contributed by atoms with Crippen molar-refractivity contribution in [1.82, 2.24) is 25.3 Å². The highest BCUT2D eigenvalue weighted by atomic mass is 16.5. The summed E-state index contributed by atoms with van der Waals surface area (Å²) in [6.07, 6.45) is 3.27. The number of aromatic amines is 1. The van der Waals surface area contributed by atoms with Crippen LogP contribution < -0.4 is 10.2 Å². The van der Waals surface area contributed by atoms with Crippen molar-refractivity contribution in [2.45, 2.75) is 19.8 Å². The van der Waals surface area contributed by atoms with E-state index in [1.54, 1.807) is 23.2 Å². The first-order chi connectivity index (χ1) is 14.6. The monoisotopic (exact) mass is 400 g/mol. The summed E-state index contributed by atoms with van der Waals surface area (Å²) in [5.41, 5.74) is 3.56. The maximum atomic E-state index is 9.01. The molecule has 9 nitrogen and oxygen atoms in total. The molecule has 3 aromatic heterocycles. The van der Waals surface area contributed by atoms with E-state index >= 15 is 0 Å². The lowest BCUT2D eigenvalue weighted by Gasteiger charge is -2.13. The van der Waals surface area contributed by atoms with Gasteiger partial charge in [-0.1, -0.05) is 17.3 Å². The number of aryl methyl sites for hydroxylation is 3. The zero-order valence-corrected chi connectivity index (χ0v) is 16.6. The number of benzene rings is 1. The van der Waals surface area contributed by atoms with Gasteiger partial charge in [0.1, 0.15) is 5.82 Å². The van der Waals surface area contributed by atoms with Gasteiger partial charge in [0.05, 0.1) is 17.3 Å². The van der Waals surface area contributed by atoms with Gasteiger partial charge in [0.2, 0.25) is 11.8 Å². The number of nitrogens with zero attached hydrogens (tertiary/aromatic N) is 6. The van der Waals surface area contributed by atoms with Crippen molar-refractivity contribution < 1.29 is 4.52 Å². The van der Waals surface area contributed by atoms with Crippen LogP contribution in [0.5, 0.6) is 0 Å². The van der Waals surface area contributed by atoms with Crippen LogP contribution >= 0.6 is 0 Å². The van der Waals surface area contributed by atoms with Gasteiger partial charge in [-0.15, -0.1) is 0 Å². The average Bonchev–Trinajstić information content (AvgIpc) is 3.41. The zero-order valence-electron chi connectivity index (χ0n) is 16.6. The summed E-state index contributed by atoms with van der Waals surface area (Å²) in [4.78, 5) is 10.5. The summed E-state index contributed by atoms with van der Waals surface area (Å²) in [5.74, 6) is 2.32. The predicted molar refractivity (Wildman–Crippen MR) is 112 cm³/mol. The highest BCUT2D eigenvalue weighted by molar-refractivity contribution is 5.56. The van der Waals surface area contributed by atoms with Crippen LogP contribution in [-0.2, 0) is 12.8 Å². The Morgan fingerprint density at radius 3 is 2.87 bits per heavy atom. The van der Waals surface area contributed by atoms with Gasteiger partial charge in [0.25, 0.3) is 0 Å². The fourth-order valence-corrected chi connectivity index (χ4v) is 2.95. The van der Waals surface area contributed by atoms with Crippen molar-refractivity contribution in [3.63, 3.8) is 0 Å². The number of nitrogens with one attached hydrogen (secondary N) is 2. The minimum absolute atomic E-state index is 0.476. The molecule has 150 valence electrons. The average molecular weight is 400 g/mol. The quantitative estimate of drug-likeness (QED) is 0.482. The second-order valence-corrected chi connectivity index (χ2v) is 6.82. The third-order valence-corrected chi connectivity index (χ3v) is 4.52. The fourth-order valence-electron chi connectivity index (χ4n) is 2.95. The van der Waals surface area contributed by atoms with Crippen LogP contribution in [0.25, 0.3) is 0 Å². The Hall–Kier alpha value is -4.19. The van der Waals surface area contributed by atoms with E-state index in [1.807, 2.05) is 44.3 Å². The minimum atomic E-state index is 0.476. The predicted octanol–water partition coefficient (Wildman–Crippen LogP) is 3.66. The standard InChI is InChI=1S/C21H20N8O/c1-14-10-20(30-28-14)29(2)21-23-9-8-18(25-21)24-19-12-17(26-27-19)7-6-15-4-3-5-16(11-15)13-22/h3-5,8-12H,6-7H2,1-2H3,(H2,23,24,25,26,27). The SMILES string of the molecule is Cc1cc(N(C)c2nccc(Nc3cc(CCc4cccc(C#N)c4)[nH]n3)n2)on1. The van der Waals surface area contributed by atoms with Crippen molar-refractivity contribution in [2.24, 2.45) is 0 Å². The van der Waals surface area contributed by atoms with Gasteiger partial charge in [-0.05, 0) is 43.5 Å². The molecule has 0 atom stereocenters. The molecule has 0 radical (unpaired) electrons. The number of anilines is 4. The number of H-pyrrole nitrogens is 1. The van der Waals surface area contributed by atoms with Crippen molar-refractivity contribution in [2.75, 3.05) is 17.3 Å². The van der Waals surface area contributed by atoms with Crippen molar-refractivity contribution >= 4 is 23.5 Å². The fraction of sp³-hybridized carbons (Fsp3) is 0.190. The van der Waals surface area contributed by atoms with Crippen molar-refractivity contribution in [1.29, 1.82) is 5.26 Å². The summed E-state index contributed by atoms with van der Waals surface area (Å²) in [7, 11) is 1.81. The van der Waals surface area contributed by atoms with E-state index in [1.165, 1.54) is 0 Å². The molecular formula is C21H20N8O. The van der Waals surface area contributed by atoms with Gasteiger partial charge < -0.3 is 9.84 Å². The normalized spacial score (nSPS) is 10.6. The lowest BCUT2D eigenvalue weighted by molar-refractivity contribution is 0.420. The van der Waals surface area contributed by atoms with Crippen LogP contribution in [0.3, 0.4) is 0 Å². The molecule has 1 aromatic carbocycles. The molecule has 2 N–H and O–H groups in total. The molecule has 3 heterocycles. The second kappa shape index (κ2) is 8.45. The number of aromatic nitrogens is 5. The first-order valence-electron chi connectivity index (χ1n) is 9.41. The molecule has 0 saturated carbocycles. The van der Waals surface area contributed by atoms with Crippen molar-refractivity contribution in [3.8, 4) is 6.07 Å². The third kappa shape index (κ3) is 4.44. The smallest absolute Gasteiger partial charge is 0.233 e. The van der Waals surface area contributed by atoms with E-state index in [9.17, 15) is 0 Å². The first-order valence-corrected chi connectivity index (χ1v) is 9.41. The topological polar surface area (TPSA) is 120 Å². The Labute approximate surface area is 173 Å². The molecule has 0 bridgehead atoms. The summed E-state index contributed by atoms with van der Waals surface area (Å²) in [6.45, 7) is 1.86. The molecule has 0 aliphatic carbocycles. The maximum Gasteiger partial charge on any atom is 0.233 e. The summed E-state index contributed by atoms with van der Waals surface area (Å²) >= 11 is 0. The van der Waals surface area contributed by atoms with Crippen LogP contribution in [0, 0.1) is 18.3 Å². The maximum absolute atomic E-state index is 9.01. The van der Waals surface area contributed by atoms with Crippen LogP contribution in [0.15, 0.2) is 53.2 Å². The van der Waals surface area contributed by atoms with Crippen LogP contribution in [0.2, 0.25) is 0 Å². The number of nitriles is 1. The molecule has 30 heavy (non-hydrogen) atoms. The molecule has 0 spiro atoms. The van der Waals surface area contributed by atoms with Gasteiger partial charge >= 0.3 is 0 Å². The largest absolute Gasteiger partial charge is 0.338 e. The van der Waals surface area contributed by atoms with E-state index in [4.69, 9.17) is 9.78 Å². The van der Waals surface area contributed by atoms with E-state index in [2.05, 4.69) is 36.7 Å². The van der Waals surface area contributed by atoms with E-state index in [0.717, 1.165) is 29.8 Å². The molecule has 0 amide bonds. The van der Waals surface area contributed by atoms with Gasteiger partial charge in [-0.3, -0.25) is 10.00 Å². The second-order valence-electron chi connectivity index (χ2n) is 6.82. The highest BCUT2D eigenvalue weighted by Gasteiger charge is 2.13. The Morgan fingerprint density at radius 1 is 1.17 bits per heavy atom. The van der Waals surface area contributed by atoms with Gasteiger partial charge in [-0.2, -0.15) is 15.3 Å². The summed E-state index contributed by atoms with van der Waals surface area (Å²) in [5, 5.41) is 23.4. The van der Waals surface area contributed by atoms with Gasteiger partial charge in [-0.25, -0.2) is 4.98 Å². The number of hydrogen-bond acceptors (Lipinski definition) is 8. The molecule has 9 heteroatoms. The summed E-state index contributed by atoms with van der Waals surface area (Å²) in [6, 6.07) is 15.3. The van der Waals surface area contributed by atoms with E-state index in [0.29, 0.717) is 29.0 Å². The molecule has 0 unspecified atom stereocenters. The Bertz CT molecular complexity index is 1190. The van der Waals surface area contributed by atoms with E-state index in [-0.39, 0.29) is 0 Å². The van der Waals surface area contributed by atoms with Crippen molar-refractivity contribution in [3.05, 3.63) is 71.2 Å². The Kier molecular flexibility index (Phi) is 5.39. The minimum Gasteiger partial charge on any atom is -0.338 e. The van der Waals surface area contributed by atoms with Crippen LogP contribution in [0.1, 0.15) is 22.5 Å². The number of rotatable bonds is 7. The lowest BCUT2D eigenvalue weighted by Crippen LogP contribution is -2.12. The number of hydrogen-bond donors (Lipinski definition) is 2. The Morgan fingerprint density at radius 2 is 2.07 bits per heavy atom. The molecule has 0 fully saturated rings. The summed E-state index contributed by atoms with van der Waals surface area (Å²) < 4.78 is 5.26. The van der Waals surface area contributed by atoms with Gasteiger partial charge in [0, 0.05) is 31.1 Å². The molecular weight excluding hydrogens is 380 g/mol. The molecule has 0 aliphatic rings. The zero-order chi connectivity index (χ0) is 20.9. The third-order valence-electron chi connectivity index (χ3n) is 4.52. The van der Waals surface area contributed by atoms with Crippen LogP contribution in [0.4, 0.5) is 23.5 Å². The highest BCUT2D eigenvalue weighted by Crippen LogP contribution is 2.22. The van der Waals surface area contributed by atoms with E-state index < -0.39 is 0 Å². The Balaban J connectivity index is 1.40. The molecule has 0 aliphatic heterocycles. The molecule has 0 saturated heterocycles.